The first-order valence-corrected chi connectivity index (χ1v) is 33.1. The Kier molecular flexibility index (Phi) is 51.7. The molecule has 6 atom stereocenters. The minimum atomic E-state index is -0.981. The molecule has 0 rings (SSSR count). The lowest BCUT2D eigenvalue weighted by Crippen LogP contribution is -2.49. The molecule has 4 unspecified atom stereocenters. The molecule has 0 saturated carbocycles. The van der Waals surface area contributed by atoms with E-state index < -0.39 is 134 Å². The highest BCUT2D eigenvalue weighted by Crippen LogP contribution is 2.11. The summed E-state index contributed by atoms with van der Waals surface area (Å²) < 4.78 is 18.2. The van der Waals surface area contributed by atoms with E-state index in [0.717, 1.165) is 24.0 Å². The van der Waals surface area contributed by atoms with Gasteiger partial charge in [0.25, 0.3) is 0 Å². The smallest absolute Gasteiger partial charge is 0.407 e. The molecule has 0 aromatic rings. The van der Waals surface area contributed by atoms with Crippen molar-refractivity contribution in [1.82, 2.24) is 63.0 Å². The summed E-state index contributed by atoms with van der Waals surface area (Å²) in [5, 5.41) is 25.9. The maximum atomic E-state index is 13.1. The summed E-state index contributed by atoms with van der Waals surface area (Å²) in [5.41, 5.74) is 21.1. The van der Waals surface area contributed by atoms with Crippen LogP contribution in [0.25, 0.3) is 0 Å². The van der Waals surface area contributed by atoms with E-state index in [-0.39, 0.29) is 62.4 Å². The van der Waals surface area contributed by atoms with Crippen LogP contribution in [0.1, 0.15) is 156 Å². The van der Waals surface area contributed by atoms with Gasteiger partial charge in [-0.2, -0.15) is 0 Å². The highest BCUT2D eigenvalue weighted by atomic mass is 16.5. The van der Waals surface area contributed by atoms with E-state index in [4.69, 9.17) is 22.9 Å². The predicted octanol–water partition coefficient (Wildman–Crippen LogP) is -1.22. The van der Waals surface area contributed by atoms with Crippen molar-refractivity contribution in [2.45, 2.75) is 168 Å². The number of rotatable bonds is 52. The van der Waals surface area contributed by atoms with E-state index in [2.05, 4.69) is 72.1 Å². The van der Waals surface area contributed by atoms with Crippen molar-refractivity contribution in [2.75, 3.05) is 107 Å². The second-order valence-electron chi connectivity index (χ2n) is 23.4. The maximum Gasteiger partial charge on any atom is 0.407 e. The zero-order valence-corrected chi connectivity index (χ0v) is 58.5. The molecule has 36 nitrogen and oxygen atoms in total. The first-order chi connectivity index (χ1) is 46.4. The number of unbranched alkanes of at least 4 members (excludes halogenated alkanes) is 6. The molecule has 0 radical (unpaired) electrons. The van der Waals surface area contributed by atoms with Gasteiger partial charge < -0.3 is 105 Å². The number of hydrogen-bond acceptors (Lipinski definition) is 20. The van der Waals surface area contributed by atoms with E-state index in [1.807, 2.05) is 0 Å². The van der Waals surface area contributed by atoms with Crippen LogP contribution in [-0.4, -0.2) is 224 Å². The van der Waals surface area contributed by atoms with Crippen LogP contribution in [-0.2, 0) is 76.5 Å². The summed E-state index contributed by atoms with van der Waals surface area (Å²) in [4.78, 5) is 196. The molecule has 98 heavy (non-hydrogen) atoms. The highest BCUT2D eigenvalue weighted by Gasteiger charge is 2.26. The molecule has 0 aliphatic carbocycles. The molecule has 0 bridgehead atoms. The zero-order valence-electron chi connectivity index (χ0n) is 58.5. The molecule has 36 heteroatoms. The van der Waals surface area contributed by atoms with Crippen molar-refractivity contribution in [2.24, 2.45) is 46.6 Å². The summed E-state index contributed by atoms with van der Waals surface area (Å²) in [7, 11) is 4.78. The van der Waals surface area contributed by atoms with Gasteiger partial charge in [0.1, 0.15) is 38.3 Å². The third-order valence-corrected chi connectivity index (χ3v) is 15.1. The Bertz CT molecular complexity index is 2260. The number of alkyl carbamates (subject to hydrolysis) is 4. The number of ether oxygens (including phenoxy) is 4. The Morgan fingerprint density at radius 2 is 0.520 bits per heavy atom. The molecular formula is C62H112N16O20. The number of carbonyl (C=O) groups excluding carboxylic acids is 16. The number of nitrogens with one attached hydrogen (secondary N) is 10. The summed E-state index contributed by atoms with van der Waals surface area (Å²) >= 11 is 0. The first-order valence-electron chi connectivity index (χ1n) is 33.1. The molecule has 0 aliphatic heterocycles. The van der Waals surface area contributed by atoms with Crippen molar-refractivity contribution >= 4 is 95.3 Å². The standard InChI is InChI=1S/2C31H56N8O10/c2*1-21(27(32)43)11-5-8-15-34-24(40)19-39(20-25(41)35-16-9-6-12-22(2)28(33)44)26(42)14-18-36-29(45)23(38-31(47)49-4)13-7-10-17-37-30(46)48-3/h2*21-23H,5-20H2,1-4H3,(H2,32,43)(H2,33,44)(H,34,40)(H,35,41)(H,36,45)(H,37,46)(H,38,47)/t2*21?,22?,23-/m00/s1. The van der Waals surface area contributed by atoms with E-state index in [9.17, 15) is 76.7 Å². The van der Waals surface area contributed by atoms with Crippen LogP contribution >= 0.6 is 0 Å². The van der Waals surface area contributed by atoms with Crippen LogP contribution in [0.15, 0.2) is 0 Å². The summed E-state index contributed by atoms with van der Waals surface area (Å²) in [6.45, 7) is 6.79. The van der Waals surface area contributed by atoms with Crippen LogP contribution in [0.2, 0.25) is 0 Å². The van der Waals surface area contributed by atoms with E-state index >= 15 is 0 Å². The molecule has 0 fully saturated rings. The van der Waals surface area contributed by atoms with Crippen LogP contribution < -0.4 is 76.1 Å². The number of nitrogens with two attached hydrogens (primary N) is 4. The number of carbonyl (C=O) groups is 16. The average Bonchev–Trinajstić information content (AvgIpc) is 1.06. The molecule has 16 amide bonds. The second kappa shape index (κ2) is 55.8. The summed E-state index contributed by atoms with van der Waals surface area (Å²) in [6.07, 6.45) is 6.30. The fourth-order valence-corrected chi connectivity index (χ4v) is 8.72. The molecule has 560 valence electrons. The lowest BCUT2D eigenvalue weighted by Gasteiger charge is -2.22. The quantitative estimate of drug-likeness (QED) is 0.0251. The van der Waals surface area contributed by atoms with Gasteiger partial charge in [0.2, 0.25) is 70.9 Å². The molecule has 18 N–H and O–H groups in total. The molecule has 0 aliphatic rings. The SMILES string of the molecule is COC(=O)NCCCC[C@H](NC(=O)OC)C(=O)NCCC(=O)N(CC(=O)NCCCCC(C)C(N)=O)CC(=O)NCCCCC(C)C(N)=O.COC(=O)NCCCC[C@H](NC(=O)OC)C(=O)NCCC(=O)N(CC(=O)NCCCCC(C)C(N)=O)CC(=O)NCCCCC(C)C(N)=O. The van der Waals surface area contributed by atoms with Crippen molar-refractivity contribution in [3.8, 4) is 0 Å². The van der Waals surface area contributed by atoms with Gasteiger partial charge in [0, 0.05) is 88.9 Å². The van der Waals surface area contributed by atoms with Crippen molar-refractivity contribution < 1.29 is 95.7 Å². The number of primary amides is 4. The second-order valence-corrected chi connectivity index (χ2v) is 23.4. The minimum Gasteiger partial charge on any atom is -0.453 e. The minimum absolute atomic E-state index is 0.142. The Hall–Kier alpha value is -9.28. The summed E-state index contributed by atoms with van der Waals surface area (Å²) in [5.74, 6) is -6.94. The van der Waals surface area contributed by atoms with E-state index in [0.29, 0.717) is 142 Å². The van der Waals surface area contributed by atoms with Crippen molar-refractivity contribution in [3.63, 3.8) is 0 Å². The zero-order chi connectivity index (χ0) is 74.4. The Balaban J connectivity index is 0. The number of amides is 16. The fourth-order valence-electron chi connectivity index (χ4n) is 8.72. The predicted molar refractivity (Wildman–Crippen MR) is 356 cm³/mol. The van der Waals surface area contributed by atoms with Crippen molar-refractivity contribution in [3.05, 3.63) is 0 Å². The maximum absolute atomic E-state index is 13.1. The Morgan fingerprint density at radius 3 is 0.745 bits per heavy atom. The third kappa shape index (κ3) is 48.4. The number of nitrogens with zero attached hydrogens (tertiary/aromatic N) is 2. The topological polar surface area (TPSA) is 541 Å². The van der Waals surface area contributed by atoms with Gasteiger partial charge in [0.05, 0.1) is 28.4 Å². The number of hydrogen-bond donors (Lipinski definition) is 14. The summed E-state index contributed by atoms with van der Waals surface area (Å²) in [6, 6.07) is -1.96. The van der Waals surface area contributed by atoms with Gasteiger partial charge in [-0.3, -0.25) is 57.5 Å². The van der Waals surface area contributed by atoms with Gasteiger partial charge in [-0.25, -0.2) is 19.2 Å². The van der Waals surface area contributed by atoms with Crippen LogP contribution in [0.3, 0.4) is 0 Å². The molecule has 0 saturated heterocycles. The normalized spacial score (nSPS) is 12.3. The number of methoxy groups -OCH3 is 4. The van der Waals surface area contributed by atoms with Crippen LogP contribution in [0.5, 0.6) is 0 Å². The fraction of sp³-hybridized carbons (Fsp3) is 0.742. The van der Waals surface area contributed by atoms with Gasteiger partial charge >= 0.3 is 24.4 Å². The van der Waals surface area contributed by atoms with Gasteiger partial charge in [-0.1, -0.05) is 53.4 Å². The van der Waals surface area contributed by atoms with Gasteiger partial charge in [-0.15, -0.1) is 0 Å². The Labute approximate surface area is 573 Å². The highest BCUT2D eigenvalue weighted by molar-refractivity contribution is 5.91. The largest absolute Gasteiger partial charge is 0.453 e. The van der Waals surface area contributed by atoms with E-state index in [1.54, 1.807) is 27.7 Å². The molecule has 0 aromatic carbocycles. The Morgan fingerprint density at radius 1 is 0.296 bits per heavy atom. The van der Waals surface area contributed by atoms with Crippen LogP contribution in [0, 0.1) is 23.7 Å². The van der Waals surface area contributed by atoms with Crippen molar-refractivity contribution in [1.29, 1.82) is 0 Å². The van der Waals surface area contributed by atoms with Crippen LogP contribution in [0.4, 0.5) is 19.2 Å². The third-order valence-electron chi connectivity index (χ3n) is 15.1. The monoisotopic (exact) mass is 1400 g/mol. The van der Waals surface area contributed by atoms with E-state index in [1.165, 1.54) is 14.2 Å². The lowest BCUT2D eigenvalue weighted by atomic mass is 10.0. The first kappa shape index (κ1) is 90.8. The molecule has 0 aromatic heterocycles. The molecular weight excluding hydrogens is 1290 g/mol. The molecule has 0 heterocycles. The average molecular weight is 1400 g/mol. The van der Waals surface area contributed by atoms with Gasteiger partial charge in [-0.05, 0) is 89.9 Å². The molecule has 0 spiro atoms. The van der Waals surface area contributed by atoms with Gasteiger partial charge in [0.15, 0.2) is 0 Å². The lowest BCUT2D eigenvalue weighted by molar-refractivity contribution is -0.139.